The van der Waals surface area contributed by atoms with E-state index in [1.807, 2.05) is 43.3 Å². The molecule has 0 saturated carbocycles. The molecule has 3 aromatic rings. The summed E-state index contributed by atoms with van der Waals surface area (Å²) in [6.07, 6.45) is 5.16. The molecule has 94 valence electrons. The molecule has 0 saturated heterocycles. The van der Waals surface area contributed by atoms with Crippen molar-refractivity contribution in [3.63, 3.8) is 0 Å². The Kier molecular flexibility index (Phi) is 2.98. The number of aromatic nitrogens is 2. The highest BCUT2D eigenvalue weighted by molar-refractivity contribution is 5.60. The largest absolute Gasteiger partial charge is 0.423 e. The fraction of sp³-hybridized carbons (Fsp3) is 0.0667. The molecular weight excluding hydrogens is 238 g/mol. The van der Waals surface area contributed by atoms with Gasteiger partial charge < -0.3 is 9.73 Å². The van der Waals surface area contributed by atoms with Crippen molar-refractivity contribution in [3.8, 4) is 11.3 Å². The van der Waals surface area contributed by atoms with E-state index in [0.29, 0.717) is 6.01 Å². The van der Waals surface area contributed by atoms with Crippen molar-refractivity contribution in [1.29, 1.82) is 0 Å². The summed E-state index contributed by atoms with van der Waals surface area (Å²) in [7, 11) is 0. The number of hydrogen-bond acceptors (Lipinski definition) is 4. The minimum Gasteiger partial charge on any atom is -0.423 e. The topological polar surface area (TPSA) is 51.0 Å². The molecule has 0 atom stereocenters. The zero-order valence-electron chi connectivity index (χ0n) is 10.5. The van der Waals surface area contributed by atoms with Gasteiger partial charge in [-0.05, 0) is 30.7 Å². The molecule has 19 heavy (non-hydrogen) atoms. The normalized spacial score (nSPS) is 10.4. The van der Waals surface area contributed by atoms with Crippen LogP contribution in [0.5, 0.6) is 0 Å². The molecule has 2 heterocycles. The van der Waals surface area contributed by atoms with Gasteiger partial charge in [0.05, 0.1) is 6.20 Å². The van der Waals surface area contributed by atoms with Crippen molar-refractivity contribution in [2.24, 2.45) is 0 Å². The van der Waals surface area contributed by atoms with E-state index in [2.05, 4.69) is 15.3 Å². The lowest BCUT2D eigenvalue weighted by molar-refractivity contribution is 0.592. The lowest BCUT2D eigenvalue weighted by Gasteiger charge is -2.04. The Morgan fingerprint density at radius 3 is 2.63 bits per heavy atom. The van der Waals surface area contributed by atoms with Crippen LogP contribution >= 0.6 is 0 Å². The molecule has 0 radical (unpaired) electrons. The van der Waals surface area contributed by atoms with Gasteiger partial charge in [-0.1, -0.05) is 18.2 Å². The standard InChI is InChI=1S/C15H13N3O/c1-11-4-2-3-5-13(11)18-15-17-10-14(19-15)12-6-8-16-9-7-12/h2-10H,1H3,(H,17,18). The van der Waals surface area contributed by atoms with Crippen LogP contribution in [-0.2, 0) is 0 Å². The number of pyridine rings is 1. The van der Waals surface area contributed by atoms with E-state index in [0.717, 1.165) is 22.6 Å². The third-order valence-corrected chi connectivity index (χ3v) is 2.86. The smallest absolute Gasteiger partial charge is 0.299 e. The summed E-state index contributed by atoms with van der Waals surface area (Å²) in [4.78, 5) is 8.21. The van der Waals surface area contributed by atoms with E-state index in [1.165, 1.54) is 0 Å². The maximum atomic E-state index is 5.68. The van der Waals surface area contributed by atoms with Gasteiger partial charge in [0.15, 0.2) is 5.76 Å². The quantitative estimate of drug-likeness (QED) is 0.769. The number of nitrogens with zero attached hydrogens (tertiary/aromatic N) is 2. The van der Waals surface area contributed by atoms with Crippen molar-refractivity contribution in [3.05, 3.63) is 60.6 Å². The van der Waals surface area contributed by atoms with Gasteiger partial charge in [0.2, 0.25) is 0 Å². The van der Waals surface area contributed by atoms with Crippen molar-refractivity contribution in [1.82, 2.24) is 9.97 Å². The highest BCUT2D eigenvalue weighted by Gasteiger charge is 2.07. The Bertz CT molecular complexity index is 677. The molecule has 4 nitrogen and oxygen atoms in total. The first-order valence-corrected chi connectivity index (χ1v) is 6.02. The average Bonchev–Trinajstić information content (AvgIpc) is 2.91. The number of oxazole rings is 1. The average molecular weight is 251 g/mol. The predicted octanol–water partition coefficient (Wildman–Crippen LogP) is 3.79. The first kappa shape index (κ1) is 11.5. The first-order valence-electron chi connectivity index (χ1n) is 6.02. The molecule has 0 aliphatic heterocycles. The Labute approximate surface area is 111 Å². The fourth-order valence-electron chi connectivity index (χ4n) is 1.81. The van der Waals surface area contributed by atoms with Crippen LogP contribution in [0.2, 0.25) is 0 Å². The lowest BCUT2D eigenvalue weighted by Crippen LogP contribution is -1.92. The molecule has 0 amide bonds. The van der Waals surface area contributed by atoms with Gasteiger partial charge in [0.25, 0.3) is 6.01 Å². The van der Waals surface area contributed by atoms with Gasteiger partial charge in [-0.25, -0.2) is 4.98 Å². The van der Waals surface area contributed by atoms with E-state index in [-0.39, 0.29) is 0 Å². The Morgan fingerprint density at radius 1 is 1.05 bits per heavy atom. The van der Waals surface area contributed by atoms with Gasteiger partial charge >= 0.3 is 0 Å². The summed E-state index contributed by atoms with van der Waals surface area (Å²) >= 11 is 0. The summed E-state index contributed by atoms with van der Waals surface area (Å²) in [5.74, 6) is 0.721. The van der Waals surface area contributed by atoms with Crippen LogP contribution in [0, 0.1) is 6.92 Å². The number of rotatable bonds is 3. The highest BCUT2D eigenvalue weighted by Crippen LogP contribution is 2.24. The van der Waals surface area contributed by atoms with Crippen LogP contribution < -0.4 is 5.32 Å². The predicted molar refractivity (Wildman–Crippen MR) is 74.2 cm³/mol. The van der Waals surface area contributed by atoms with Crippen LogP contribution in [0.1, 0.15) is 5.56 Å². The zero-order valence-corrected chi connectivity index (χ0v) is 10.5. The molecule has 1 N–H and O–H groups in total. The molecule has 0 aliphatic rings. The number of anilines is 2. The number of aryl methyl sites for hydroxylation is 1. The molecule has 3 rings (SSSR count). The second-order valence-electron chi connectivity index (χ2n) is 4.21. The Balaban J connectivity index is 1.85. The number of benzene rings is 1. The van der Waals surface area contributed by atoms with Crippen LogP contribution in [0.3, 0.4) is 0 Å². The van der Waals surface area contributed by atoms with Crippen molar-refractivity contribution >= 4 is 11.7 Å². The summed E-state index contributed by atoms with van der Waals surface area (Å²) < 4.78 is 5.68. The second kappa shape index (κ2) is 4.94. The first-order chi connectivity index (χ1) is 9.33. The van der Waals surface area contributed by atoms with E-state index < -0.39 is 0 Å². The van der Waals surface area contributed by atoms with E-state index in [1.54, 1.807) is 18.6 Å². The summed E-state index contributed by atoms with van der Waals surface area (Å²) in [5.41, 5.74) is 3.09. The maximum Gasteiger partial charge on any atom is 0.299 e. The fourth-order valence-corrected chi connectivity index (χ4v) is 1.81. The van der Waals surface area contributed by atoms with Crippen LogP contribution in [-0.4, -0.2) is 9.97 Å². The number of para-hydroxylation sites is 1. The number of nitrogens with one attached hydrogen (secondary N) is 1. The van der Waals surface area contributed by atoms with E-state index in [4.69, 9.17) is 4.42 Å². The molecule has 0 fully saturated rings. The van der Waals surface area contributed by atoms with Crippen LogP contribution in [0.4, 0.5) is 11.7 Å². The van der Waals surface area contributed by atoms with Crippen molar-refractivity contribution in [2.45, 2.75) is 6.92 Å². The summed E-state index contributed by atoms with van der Waals surface area (Å²) in [6.45, 7) is 2.04. The van der Waals surface area contributed by atoms with Gasteiger partial charge in [-0.15, -0.1) is 0 Å². The Morgan fingerprint density at radius 2 is 1.84 bits per heavy atom. The minimum absolute atomic E-state index is 0.487. The van der Waals surface area contributed by atoms with Gasteiger partial charge in [0, 0.05) is 23.6 Å². The van der Waals surface area contributed by atoms with Gasteiger partial charge in [-0.2, -0.15) is 0 Å². The molecular formula is C15H13N3O. The third-order valence-electron chi connectivity index (χ3n) is 2.86. The van der Waals surface area contributed by atoms with Crippen LogP contribution in [0.25, 0.3) is 11.3 Å². The van der Waals surface area contributed by atoms with Crippen LogP contribution in [0.15, 0.2) is 59.4 Å². The van der Waals surface area contributed by atoms with Gasteiger partial charge in [0.1, 0.15) is 0 Å². The Hall–Kier alpha value is -2.62. The van der Waals surface area contributed by atoms with Crippen molar-refractivity contribution < 1.29 is 4.42 Å². The molecule has 0 unspecified atom stereocenters. The summed E-state index contributed by atoms with van der Waals surface area (Å²) in [5, 5.41) is 3.17. The van der Waals surface area contributed by atoms with Gasteiger partial charge in [-0.3, -0.25) is 4.98 Å². The van der Waals surface area contributed by atoms with E-state index >= 15 is 0 Å². The molecule has 4 heteroatoms. The molecule has 0 bridgehead atoms. The molecule has 0 spiro atoms. The molecule has 1 aromatic carbocycles. The molecule has 2 aromatic heterocycles. The number of hydrogen-bond donors (Lipinski definition) is 1. The minimum atomic E-state index is 0.487. The third kappa shape index (κ3) is 2.47. The zero-order chi connectivity index (χ0) is 13.1. The summed E-state index contributed by atoms with van der Waals surface area (Å²) in [6, 6.07) is 12.3. The lowest BCUT2D eigenvalue weighted by atomic mass is 10.2. The highest BCUT2D eigenvalue weighted by atomic mass is 16.4. The monoisotopic (exact) mass is 251 g/mol. The van der Waals surface area contributed by atoms with Crippen molar-refractivity contribution in [2.75, 3.05) is 5.32 Å². The molecule has 0 aliphatic carbocycles. The maximum absolute atomic E-state index is 5.68. The SMILES string of the molecule is Cc1ccccc1Nc1ncc(-c2ccncc2)o1. The van der Waals surface area contributed by atoms with E-state index in [9.17, 15) is 0 Å². The second-order valence-corrected chi connectivity index (χ2v) is 4.21.